The fraction of sp³-hybridized carbons (Fsp3) is 0.929. The monoisotopic (exact) mass is 271 g/mol. The molecule has 0 heterocycles. The molecule has 1 rings (SSSR count). The first-order chi connectivity index (χ1) is 9.01. The van der Waals surface area contributed by atoms with Crippen LogP contribution in [-0.2, 0) is 9.53 Å². The van der Waals surface area contributed by atoms with Gasteiger partial charge in [0.2, 0.25) is 5.91 Å². The Labute approximate surface area is 116 Å². The van der Waals surface area contributed by atoms with Crippen molar-refractivity contribution >= 4 is 5.91 Å². The minimum absolute atomic E-state index is 0.250. The fourth-order valence-electron chi connectivity index (χ4n) is 2.09. The molecule has 0 aromatic rings. The molecule has 1 amide bonds. The summed E-state index contributed by atoms with van der Waals surface area (Å²) in [7, 11) is 0. The lowest BCUT2D eigenvalue weighted by Gasteiger charge is -2.30. The molecule has 1 aliphatic carbocycles. The molecule has 0 aromatic heterocycles. The third kappa shape index (κ3) is 5.89. The quantitative estimate of drug-likeness (QED) is 0.544. The Kier molecular flexibility index (Phi) is 6.75. The SMILES string of the molecule is CCOCCN(CC)CCC(C)(NC1CC1)C(N)=O. The number of carbonyl (C=O) groups excluding carboxylic acids is 1. The normalized spacial score (nSPS) is 18.5. The molecule has 1 saturated carbocycles. The van der Waals surface area contributed by atoms with E-state index in [0.717, 1.165) is 52.1 Å². The van der Waals surface area contributed by atoms with Crippen molar-refractivity contribution < 1.29 is 9.53 Å². The van der Waals surface area contributed by atoms with E-state index in [4.69, 9.17) is 10.5 Å². The van der Waals surface area contributed by atoms with E-state index >= 15 is 0 Å². The number of likely N-dealkylation sites (N-methyl/N-ethyl adjacent to an activating group) is 1. The molecule has 0 aliphatic heterocycles. The number of nitrogens with two attached hydrogens (primary N) is 1. The zero-order chi connectivity index (χ0) is 14.3. The molecule has 0 radical (unpaired) electrons. The topological polar surface area (TPSA) is 67.6 Å². The number of carbonyl (C=O) groups is 1. The third-order valence-corrected chi connectivity index (χ3v) is 3.78. The van der Waals surface area contributed by atoms with Gasteiger partial charge in [-0.15, -0.1) is 0 Å². The van der Waals surface area contributed by atoms with Crippen molar-refractivity contribution in [2.45, 2.75) is 51.6 Å². The van der Waals surface area contributed by atoms with Crippen LogP contribution in [0.3, 0.4) is 0 Å². The molecule has 0 bridgehead atoms. The summed E-state index contributed by atoms with van der Waals surface area (Å²) in [4.78, 5) is 14.0. The van der Waals surface area contributed by atoms with Gasteiger partial charge in [0.15, 0.2) is 0 Å². The molecule has 112 valence electrons. The fourth-order valence-corrected chi connectivity index (χ4v) is 2.09. The van der Waals surface area contributed by atoms with Gasteiger partial charge < -0.3 is 20.7 Å². The Morgan fingerprint density at radius 1 is 1.42 bits per heavy atom. The predicted octanol–water partition coefficient (Wildman–Crippen LogP) is 0.731. The molecular formula is C14H29N3O2. The Balaban J connectivity index is 2.37. The number of nitrogens with one attached hydrogen (secondary N) is 1. The highest BCUT2D eigenvalue weighted by Crippen LogP contribution is 2.24. The van der Waals surface area contributed by atoms with Crippen LogP contribution in [0.2, 0.25) is 0 Å². The average molecular weight is 271 g/mol. The number of hydrogen-bond donors (Lipinski definition) is 2. The molecule has 5 heteroatoms. The van der Waals surface area contributed by atoms with Gasteiger partial charge in [-0.1, -0.05) is 6.92 Å². The Hall–Kier alpha value is -0.650. The molecule has 0 spiro atoms. The van der Waals surface area contributed by atoms with Crippen molar-refractivity contribution in [1.29, 1.82) is 0 Å². The van der Waals surface area contributed by atoms with Crippen molar-refractivity contribution in [2.75, 3.05) is 32.8 Å². The highest BCUT2D eigenvalue weighted by Gasteiger charge is 2.36. The molecule has 1 fully saturated rings. The smallest absolute Gasteiger partial charge is 0.237 e. The van der Waals surface area contributed by atoms with E-state index in [9.17, 15) is 4.79 Å². The van der Waals surface area contributed by atoms with Crippen LogP contribution >= 0.6 is 0 Å². The van der Waals surface area contributed by atoms with E-state index in [-0.39, 0.29) is 5.91 Å². The molecule has 1 unspecified atom stereocenters. The van der Waals surface area contributed by atoms with Crippen LogP contribution < -0.4 is 11.1 Å². The summed E-state index contributed by atoms with van der Waals surface area (Å²) >= 11 is 0. The second-order valence-electron chi connectivity index (χ2n) is 5.50. The van der Waals surface area contributed by atoms with Crippen LogP contribution in [0, 0.1) is 0 Å². The minimum Gasteiger partial charge on any atom is -0.380 e. The molecule has 5 nitrogen and oxygen atoms in total. The van der Waals surface area contributed by atoms with Gasteiger partial charge in [0.1, 0.15) is 0 Å². The molecular weight excluding hydrogens is 242 g/mol. The molecule has 19 heavy (non-hydrogen) atoms. The summed E-state index contributed by atoms with van der Waals surface area (Å²) in [6, 6.07) is 0.482. The maximum atomic E-state index is 11.7. The zero-order valence-corrected chi connectivity index (χ0v) is 12.6. The van der Waals surface area contributed by atoms with E-state index in [0.29, 0.717) is 6.04 Å². The van der Waals surface area contributed by atoms with Gasteiger partial charge in [-0.25, -0.2) is 0 Å². The van der Waals surface area contributed by atoms with Gasteiger partial charge in [0, 0.05) is 25.7 Å². The maximum absolute atomic E-state index is 11.7. The third-order valence-electron chi connectivity index (χ3n) is 3.78. The van der Waals surface area contributed by atoms with Crippen LogP contribution in [0.5, 0.6) is 0 Å². The highest BCUT2D eigenvalue weighted by atomic mass is 16.5. The second-order valence-corrected chi connectivity index (χ2v) is 5.50. The summed E-state index contributed by atoms with van der Waals surface area (Å²) < 4.78 is 5.37. The van der Waals surface area contributed by atoms with Crippen LogP contribution in [0.25, 0.3) is 0 Å². The van der Waals surface area contributed by atoms with Crippen molar-refractivity contribution in [3.8, 4) is 0 Å². The van der Waals surface area contributed by atoms with Crippen molar-refractivity contribution in [2.24, 2.45) is 5.73 Å². The van der Waals surface area contributed by atoms with Crippen LogP contribution in [0.15, 0.2) is 0 Å². The Bertz CT molecular complexity index is 282. The van der Waals surface area contributed by atoms with Crippen LogP contribution in [0.1, 0.15) is 40.0 Å². The van der Waals surface area contributed by atoms with Crippen molar-refractivity contribution in [3.63, 3.8) is 0 Å². The van der Waals surface area contributed by atoms with E-state index < -0.39 is 5.54 Å². The molecule has 0 saturated heterocycles. The van der Waals surface area contributed by atoms with Gasteiger partial charge in [-0.2, -0.15) is 0 Å². The number of nitrogens with zero attached hydrogens (tertiary/aromatic N) is 1. The van der Waals surface area contributed by atoms with Gasteiger partial charge in [0.05, 0.1) is 12.1 Å². The first-order valence-corrected chi connectivity index (χ1v) is 7.39. The number of amides is 1. The standard InChI is InChI=1S/C14H29N3O2/c1-4-17(10-11-19-5-2)9-8-14(3,13(15)18)16-12-6-7-12/h12,16H,4-11H2,1-3H3,(H2,15,18). The Morgan fingerprint density at radius 2 is 2.11 bits per heavy atom. The maximum Gasteiger partial charge on any atom is 0.237 e. The zero-order valence-electron chi connectivity index (χ0n) is 12.6. The molecule has 1 aliphatic rings. The lowest BCUT2D eigenvalue weighted by Crippen LogP contribution is -2.55. The summed E-state index contributed by atoms with van der Waals surface area (Å²) in [5.41, 5.74) is 4.97. The van der Waals surface area contributed by atoms with Gasteiger partial charge in [-0.05, 0) is 39.7 Å². The summed E-state index contributed by atoms with van der Waals surface area (Å²) in [6.45, 7) is 10.3. The number of rotatable bonds is 11. The van der Waals surface area contributed by atoms with Gasteiger partial charge in [-0.3, -0.25) is 4.79 Å². The lowest BCUT2D eigenvalue weighted by atomic mass is 9.96. The highest BCUT2D eigenvalue weighted by molar-refractivity contribution is 5.84. The van der Waals surface area contributed by atoms with Crippen LogP contribution in [-0.4, -0.2) is 55.2 Å². The largest absolute Gasteiger partial charge is 0.380 e. The number of ether oxygens (including phenoxy) is 1. The first kappa shape index (κ1) is 16.4. The number of primary amides is 1. The summed E-state index contributed by atoms with van der Waals surface area (Å²) in [5.74, 6) is -0.250. The lowest BCUT2D eigenvalue weighted by molar-refractivity contribution is -0.124. The van der Waals surface area contributed by atoms with E-state index in [2.05, 4.69) is 17.1 Å². The van der Waals surface area contributed by atoms with E-state index in [1.54, 1.807) is 0 Å². The van der Waals surface area contributed by atoms with Gasteiger partial charge in [0.25, 0.3) is 0 Å². The van der Waals surface area contributed by atoms with E-state index in [1.807, 2.05) is 13.8 Å². The minimum atomic E-state index is -0.583. The predicted molar refractivity (Wildman–Crippen MR) is 77.0 cm³/mol. The van der Waals surface area contributed by atoms with E-state index in [1.165, 1.54) is 0 Å². The first-order valence-electron chi connectivity index (χ1n) is 7.39. The molecule has 1 atom stereocenters. The molecule has 3 N–H and O–H groups in total. The van der Waals surface area contributed by atoms with Crippen LogP contribution in [0.4, 0.5) is 0 Å². The van der Waals surface area contributed by atoms with Crippen molar-refractivity contribution in [1.82, 2.24) is 10.2 Å². The summed E-state index contributed by atoms with van der Waals surface area (Å²) in [5, 5.41) is 3.38. The van der Waals surface area contributed by atoms with Crippen molar-refractivity contribution in [3.05, 3.63) is 0 Å². The molecule has 0 aromatic carbocycles. The average Bonchev–Trinajstić information content (AvgIpc) is 3.17. The summed E-state index contributed by atoms with van der Waals surface area (Å²) in [6.07, 6.45) is 3.06. The second kappa shape index (κ2) is 7.82. The number of hydrogen-bond acceptors (Lipinski definition) is 4. The Morgan fingerprint density at radius 3 is 2.58 bits per heavy atom. The van der Waals surface area contributed by atoms with Gasteiger partial charge >= 0.3 is 0 Å².